The molecular weight excluding hydrogens is 526 g/mol. The normalized spacial score (nSPS) is 15.0. The predicted molar refractivity (Wildman–Crippen MR) is 165 cm³/mol. The molecular formula is C34H33N5O3. The van der Waals surface area contributed by atoms with Crippen LogP contribution >= 0.6 is 0 Å². The molecule has 6 rings (SSSR count). The van der Waals surface area contributed by atoms with E-state index in [2.05, 4.69) is 16.2 Å². The Hall–Kier alpha value is -4.77. The fourth-order valence-electron chi connectivity index (χ4n) is 5.88. The first-order chi connectivity index (χ1) is 20.4. The number of hydrogen-bond acceptors (Lipinski definition) is 6. The molecule has 8 heteroatoms. The van der Waals surface area contributed by atoms with Crippen LogP contribution in [0.1, 0.15) is 56.6 Å². The monoisotopic (exact) mass is 559 g/mol. The molecule has 1 aliphatic heterocycles. The molecule has 42 heavy (non-hydrogen) atoms. The summed E-state index contributed by atoms with van der Waals surface area (Å²) < 4.78 is 7.57. The number of nitrogens with zero attached hydrogens (tertiary/aromatic N) is 5. The minimum absolute atomic E-state index is 0.123. The van der Waals surface area contributed by atoms with Gasteiger partial charge in [-0.05, 0) is 86.7 Å². The Morgan fingerprint density at radius 2 is 1.86 bits per heavy atom. The Morgan fingerprint density at radius 1 is 1.05 bits per heavy atom. The zero-order valence-corrected chi connectivity index (χ0v) is 24.0. The first-order valence-electron chi connectivity index (χ1n) is 14.6. The van der Waals surface area contributed by atoms with E-state index in [1.165, 1.54) is 17.5 Å². The average molecular weight is 560 g/mol. The molecule has 4 aromatic rings. The summed E-state index contributed by atoms with van der Waals surface area (Å²) in [5.41, 5.74) is 5.12. The van der Waals surface area contributed by atoms with E-state index in [9.17, 15) is 14.9 Å². The van der Waals surface area contributed by atoms with Gasteiger partial charge in [-0.15, -0.1) is 0 Å². The summed E-state index contributed by atoms with van der Waals surface area (Å²) in [6, 6.07) is 20.6. The molecule has 0 atom stereocenters. The van der Waals surface area contributed by atoms with Gasteiger partial charge in [-0.2, -0.15) is 10.4 Å². The number of nitriles is 1. The number of rotatable bonds is 6. The van der Waals surface area contributed by atoms with E-state index in [0.717, 1.165) is 54.8 Å². The van der Waals surface area contributed by atoms with Crippen LogP contribution < -0.4 is 15.2 Å². The number of anilines is 1. The summed E-state index contributed by atoms with van der Waals surface area (Å²) in [7, 11) is 1.70. The predicted octanol–water partition coefficient (Wildman–Crippen LogP) is 6.35. The third-order valence-electron chi connectivity index (χ3n) is 8.17. The molecule has 0 N–H and O–H groups in total. The maximum Gasteiger partial charge on any atom is 0.275 e. The lowest BCUT2D eigenvalue weighted by molar-refractivity contribution is -0.119. The molecule has 212 valence electrons. The maximum atomic E-state index is 13.8. The zero-order chi connectivity index (χ0) is 29.2. The highest BCUT2D eigenvalue weighted by molar-refractivity contribution is 5.97. The molecule has 1 aromatic heterocycles. The third-order valence-corrected chi connectivity index (χ3v) is 8.17. The maximum absolute atomic E-state index is 13.8. The number of benzene rings is 3. The van der Waals surface area contributed by atoms with Crippen LogP contribution in [0.25, 0.3) is 22.0 Å². The van der Waals surface area contributed by atoms with Crippen LogP contribution in [-0.2, 0) is 17.8 Å². The van der Waals surface area contributed by atoms with Crippen molar-refractivity contribution < 1.29 is 9.53 Å². The minimum Gasteiger partial charge on any atom is -0.490 e. The van der Waals surface area contributed by atoms with Crippen molar-refractivity contribution in [1.82, 2.24) is 9.78 Å². The standard InChI is InChI=1S/C34H33N5O3/c1-22-16-25-18-26(12-15-31(25)36-22)38(2)32(40)21-39-34(41)30-19-28(42-27-10-5-3-4-6-11-27)13-14-29(30)33(37-39)24-9-7-8-23(17-24)20-35/h7-9,12-15,17-19,27H,3-6,10-11,16,21H2,1-2H3. The second-order valence-corrected chi connectivity index (χ2v) is 11.2. The number of carbonyl (C=O) groups is 1. The molecule has 1 saturated carbocycles. The Kier molecular flexibility index (Phi) is 7.58. The molecule has 0 radical (unpaired) electrons. The molecule has 0 unspecified atom stereocenters. The van der Waals surface area contributed by atoms with Crippen molar-refractivity contribution in [2.75, 3.05) is 11.9 Å². The highest BCUT2D eigenvalue weighted by Gasteiger charge is 2.21. The van der Waals surface area contributed by atoms with Gasteiger partial charge < -0.3 is 9.64 Å². The van der Waals surface area contributed by atoms with E-state index < -0.39 is 0 Å². The highest BCUT2D eigenvalue weighted by atomic mass is 16.5. The van der Waals surface area contributed by atoms with Crippen molar-refractivity contribution in [3.63, 3.8) is 0 Å². The van der Waals surface area contributed by atoms with Crippen molar-refractivity contribution in [3.05, 3.63) is 82.1 Å². The largest absolute Gasteiger partial charge is 0.490 e. The molecule has 8 nitrogen and oxygen atoms in total. The number of aromatic nitrogens is 2. The third kappa shape index (κ3) is 5.55. The Morgan fingerprint density at radius 3 is 2.64 bits per heavy atom. The average Bonchev–Trinajstić information content (AvgIpc) is 3.19. The Balaban J connectivity index is 1.37. The smallest absolute Gasteiger partial charge is 0.275 e. The van der Waals surface area contributed by atoms with Crippen molar-refractivity contribution in [3.8, 4) is 23.1 Å². The van der Waals surface area contributed by atoms with Crippen molar-refractivity contribution in [2.24, 2.45) is 4.99 Å². The number of aliphatic imine (C=N–C) groups is 1. The van der Waals surface area contributed by atoms with Gasteiger partial charge in [0.05, 0.1) is 34.5 Å². The van der Waals surface area contributed by atoms with E-state index in [1.807, 2.05) is 43.3 Å². The summed E-state index contributed by atoms with van der Waals surface area (Å²) in [4.78, 5) is 33.4. The van der Waals surface area contributed by atoms with Crippen molar-refractivity contribution >= 4 is 33.8 Å². The number of fused-ring (bicyclic) bond motifs is 2. The van der Waals surface area contributed by atoms with Gasteiger partial charge in [0.1, 0.15) is 12.3 Å². The van der Waals surface area contributed by atoms with Crippen LogP contribution in [0.4, 0.5) is 11.4 Å². The van der Waals surface area contributed by atoms with E-state index in [4.69, 9.17) is 4.74 Å². The van der Waals surface area contributed by atoms with Gasteiger partial charge >= 0.3 is 0 Å². The molecule has 2 heterocycles. The van der Waals surface area contributed by atoms with Gasteiger partial charge in [-0.3, -0.25) is 14.6 Å². The van der Waals surface area contributed by atoms with Gasteiger partial charge in [0.25, 0.3) is 5.56 Å². The van der Waals surface area contributed by atoms with Crippen LogP contribution in [-0.4, -0.2) is 34.6 Å². The molecule has 0 saturated heterocycles. The Bertz CT molecular complexity index is 1810. The van der Waals surface area contributed by atoms with Gasteiger partial charge in [-0.25, -0.2) is 4.68 Å². The summed E-state index contributed by atoms with van der Waals surface area (Å²) in [5.74, 6) is 0.363. The number of likely N-dealkylation sites (N-methyl/N-ethyl adjacent to an activating group) is 1. The van der Waals surface area contributed by atoms with Crippen LogP contribution in [0.3, 0.4) is 0 Å². The van der Waals surface area contributed by atoms with Crippen LogP contribution in [0, 0.1) is 11.3 Å². The fraction of sp³-hybridized carbons (Fsp3) is 0.324. The first-order valence-corrected chi connectivity index (χ1v) is 14.6. The number of carbonyl (C=O) groups excluding carboxylic acids is 1. The molecule has 1 aliphatic carbocycles. The van der Waals surface area contributed by atoms with Gasteiger partial charge in [-0.1, -0.05) is 25.0 Å². The van der Waals surface area contributed by atoms with E-state index in [-0.39, 0.29) is 24.1 Å². The van der Waals surface area contributed by atoms with Crippen LogP contribution in [0.2, 0.25) is 0 Å². The minimum atomic E-state index is -0.365. The van der Waals surface area contributed by atoms with E-state index >= 15 is 0 Å². The van der Waals surface area contributed by atoms with Gasteiger partial charge in [0.15, 0.2) is 0 Å². The number of hydrogen-bond donors (Lipinski definition) is 0. The second-order valence-electron chi connectivity index (χ2n) is 11.2. The second kappa shape index (κ2) is 11.6. The first kappa shape index (κ1) is 27.4. The topological polar surface area (TPSA) is 101 Å². The van der Waals surface area contributed by atoms with E-state index in [0.29, 0.717) is 33.3 Å². The lowest BCUT2D eigenvalue weighted by Crippen LogP contribution is -2.35. The zero-order valence-electron chi connectivity index (χ0n) is 24.0. The van der Waals surface area contributed by atoms with E-state index in [1.54, 1.807) is 36.2 Å². The lowest BCUT2D eigenvalue weighted by Gasteiger charge is -2.20. The molecule has 0 spiro atoms. The summed E-state index contributed by atoms with van der Waals surface area (Å²) in [6.07, 6.45) is 7.60. The molecule has 1 fully saturated rings. The molecule has 1 amide bonds. The van der Waals surface area contributed by atoms with Crippen LogP contribution in [0.5, 0.6) is 5.75 Å². The van der Waals surface area contributed by atoms with Gasteiger partial charge in [0.2, 0.25) is 5.91 Å². The number of ether oxygens (including phenoxy) is 1. The SMILES string of the molecule is CC1=Nc2ccc(N(C)C(=O)Cn3nc(-c4cccc(C#N)c4)c4ccc(OC5CCCCCC5)cc4c3=O)cc2C1. The highest BCUT2D eigenvalue weighted by Crippen LogP contribution is 2.32. The summed E-state index contributed by atoms with van der Waals surface area (Å²) >= 11 is 0. The molecule has 0 bridgehead atoms. The summed E-state index contributed by atoms with van der Waals surface area (Å²) in [5, 5.41) is 15.2. The molecule has 2 aliphatic rings. The van der Waals surface area contributed by atoms with Gasteiger partial charge in [0, 0.05) is 35.8 Å². The lowest BCUT2D eigenvalue weighted by atomic mass is 10.0. The Labute approximate surface area is 244 Å². The fourth-order valence-corrected chi connectivity index (χ4v) is 5.88. The molecule has 3 aromatic carbocycles. The van der Waals surface area contributed by atoms with Crippen LogP contribution in [0.15, 0.2) is 70.5 Å². The summed E-state index contributed by atoms with van der Waals surface area (Å²) in [6.45, 7) is 1.75. The van der Waals surface area contributed by atoms with Crippen molar-refractivity contribution in [2.45, 2.75) is 64.5 Å². The number of amides is 1. The van der Waals surface area contributed by atoms with Crippen molar-refractivity contribution in [1.29, 1.82) is 5.26 Å². The quantitative estimate of drug-likeness (QED) is 0.256.